The van der Waals surface area contributed by atoms with E-state index in [1.54, 1.807) is 12.1 Å². The van der Waals surface area contributed by atoms with Crippen molar-refractivity contribution in [3.05, 3.63) is 46.2 Å². The Bertz CT molecular complexity index is 644. The molecule has 3 rings (SSSR count). The van der Waals surface area contributed by atoms with Crippen molar-refractivity contribution >= 4 is 24.0 Å². The van der Waals surface area contributed by atoms with Crippen molar-refractivity contribution in [2.45, 2.75) is 19.9 Å². The minimum atomic E-state index is 0. The van der Waals surface area contributed by atoms with Gasteiger partial charge in [0.05, 0.1) is 5.02 Å². The molecule has 5 heteroatoms. The van der Waals surface area contributed by atoms with Crippen LogP contribution in [0.3, 0.4) is 0 Å². The first-order valence-corrected chi connectivity index (χ1v) is 6.71. The van der Waals surface area contributed by atoms with Crippen LogP contribution < -0.4 is 5.32 Å². The van der Waals surface area contributed by atoms with E-state index in [1.165, 1.54) is 11.3 Å². The topological polar surface area (TPSA) is 45.2 Å². The van der Waals surface area contributed by atoms with E-state index in [-0.39, 0.29) is 18.2 Å². The Morgan fingerprint density at radius 1 is 1.30 bits per heavy atom. The molecule has 0 spiro atoms. The second kappa shape index (κ2) is 6.00. The molecule has 3 nitrogen and oxygen atoms in total. The summed E-state index contributed by atoms with van der Waals surface area (Å²) in [5.74, 6) is 0.121. The van der Waals surface area contributed by atoms with Crippen LogP contribution in [0.15, 0.2) is 24.4 Å². The van der Waals surface area contributed by atoms with Gasteiger partial charge in [-0.05, 0) is 41.8 Å². The van der Waals surface area contributed by atoms with Gasteiger partial charge in [-0.15, -0.1) is 12.4 Å². The second-order valence-corrected chi connectivity index (χ2v) is 5.28. The SMILES string of the molecule is Cc1cc(O)c(Cl)cc1-c1cnc2c(c1)CNCC2.Cl. The average Bonchev–Trinajstić information content (AvgIpc) is 2.42. The zero-order chi connectivity index (χ0) is 13.4. The number of pyridine rings is 1. The lowest BCUT2D eigenvalue weighted by Crippen LogP contribution is -2.24. The number of aromatic nitrogens is 1. The van der Waals surface area contributed by atoms with Crippen LogP contribution in [-0.4, -0.2) is 16.6 Å². The number of hydrogen-bond donors (Lipinski definition) is 2. The number of phenolic OH excluding ortho intramolecular Hbond substituents is 1. The van der Waals surface area contributed by atoms with Crippen LogP contribution in [0.5, 0.6) is 5.75 Å². The maximum atomic E-state index is 9.61. The van der Waals surface area contributed by atoms with E-state index in [0.29, 0.717) is 5.02 Å². The fraction of sp³-hybridized carbons (Fsp3) is 0.267. The van der Waals surface area contributed by atoms with Crippen LogP contribution in [-0.2, 0) is 13.0 Å². The molecule has 1 aromatic heterocycles. The summed E-state index contributed by atoms with van der Waals surface area (Å²) in [5, 5.41) is 13.3. The number of phenols is 1. The van der Waals surface area contributed by atoms with E-state index in [1.807, 2.05) is 13.1 Å². The summed E-state index contributed by atoms with van der Waals surface area (Å²) < 4.78 is 0. The Hall–Kier alpha value is -1.29. The van der Waals surface area contributed by atoms with Gasteiger partial charge in [0.25, 0.3) is 0 Å². The summed E-state index contributed by atoms with van der Waals surface area (Å²) in [6, 6.07) is 5.64. The van der Waals surface area contributed by atoms with Crippen molar-refractivity contribution in [1.82, 2.24) is 10.3 Å². The molecule has 2 N–H and O–H groups in total. The van der Waals surface area contributed by atoms with Crippen LogP contribution in [0.1, 0.15) is 16.8 Å². The molecule has 2 heterocycles. The third kappa shape index (κ3) is 2.75. The maximum absolute atomic E-state index is 9.61. The molecule has 0 unspecified atom stereocenters. The molecule has 0 saturated heterocycles. The Kier molecular flexibility index (Phi) is 4.53. The van der Waals surface area contributed by atoms with Crippen molar-refractivity contribution in [3.8, 4) is 16.9 Å². The molecular weight excluding hydrogens is 295 g/mol. The smallest absolute Gasteiger partial charge is 0.134 e. The second-order valence-electron chi connectivity index (χ2n) is 4.88. The van der Waals surface area contributed by atoms with Gasteiger partial charge in [0.2, 0.25) is 0 Å². The van der Waals surface area contributed by atoms with Gasteiger partial charge >= 0.3 is 0 Å². The third-order valence-electron chi connectivity index (χ3n) is 3.52. The van der Waals surface area contributed by atoms with Crippen molar-refractivity contribution < 1.29 is 5.11 Å². The Labute approximate surface area is 129 Å². The monoisotopic (exact) mass is 310 g/mol. The number of aromatic hydroxyl groups is 1. The number of rotatable bonds is 1. The highest BCUT2D eigenvalue weighted by atomic mass is 35.5. The molecule has 1 aromatic carbocycles. The average molecular weight is 311 g/mol. The summed E-state index contributed by atoms with van der Waals surface area (Å²) in [5.41, 5.74) is 5.47. The highest BCUT2D eigenvalue weighted by Crippen LogP contribution is 2.33. The van der Waals surface area contributed by atoms with Crippen LogP contribution in [0, 0.1) is 6.92 Å². The van der Waals surface area contributed by atoms with Gasteiger partial charge < -0.3 is 10.4 Å². The number of nitrogens with one attached hydrogen (secondary N) is 1. The summed E-state index contributed by atoms with van der Waals surface area (Å²) in [7, 11) is 0. The van der Waals surface area contributed by atoms with E-state index in [4.69, 9.17) is 11.6 Å². The quantitative estimate of drug-likeness (QED) is 0.847. The molecule has 0 fully saturated rings. The maximum Gasteiger partial charge on any atom is 0.134 e. The molecule has 0 atom stereocenters. The van der Waals surface area contributed by atoms with Crippen molar-refractivity contribution in [3.63, 3.8) is 0 Å². The van der Waals surface area contributed by atoms with Gasteiger partial charge in [0.15, 0.2) is 0 Å². The van der Waals surface area contributed by atoms with Crippen molar-refractivity contribution in [2.75, 3.05) is 6.54 Å². The van der Waals surface area contributed by atoms with Crippen LogP contribution in [0.4, 0.5) is 0 Å². The van der Waals surface area contributed by atoms with E-state index in [0.717, 1.165) is 36.2 Å². The molecule has 1 aliphatic rings. The number of fused-ring (bicyclic) bond motifs is 1. The number of hydrogen-bond acceptors (Lipinski definition) is 3. The molecule has 0 saturated carbocycles. The number of aryl methyl sites for hydroxylation is 1. The molecule has 20 heavy (non-hydrogen) atoms. The lowest BCUT2D eigenvalue weighted by Gasteiger charge is -2.17. The Morgan fingerprint density at radius 3 is 2.90 bits per heavy atom. The standard InChI is InChI=1S/C15H15ClN2O.ClH/c1-9-4-15(19)13(16)6-12(9)10-5-11-7-17-3-2-14(11)18-8-10;/h4-6,8,17,19H,2-3,7H2,1H3;1H. The minimum absolute atomic E-state index is 0. The molecule has 1 aliphatic heterocycles. The first-order valence-electron chi connectivity index (χ1n) is 6.33. The fourth-order valence-corrected chi connectivity index (χ4v) is 2.63. The predicted molar refractivity (Wildman–Crippen MR) is 83.7 cm³/mol. The normalized spacial score (nSPS) is 13.5. The van der Waals surface area contributed by atoms with Gasteiger partial charge in [-0.2, -0.15) is 0 Å². The van der Waals surface area contributed by atoms with Gasteiger partial charge in [-0.25, -0.2) is 0 Å². The molecular formula is C15H16Cl2N2O. The first kappa shape index (κ1) is 15.1. The fourth-order valence-electron chi connectivity index (χ4n) is 2.47. The number of nitrogens with zero attached hydrogens (tertiary/aromatic N) is 1. The Balaban J connectivity index is 0.00000147. The molecule has 0 aliphatic carbocycles. The number of benzene rings is 1. The first-order chi connectivity index (χ1) is 9.15. The summed E-state index contributed by atoms with van der Waals surface area (Å²) >= 11 is 6.00. The highest BCUT2D eigenvalue weighted by Gasteiger charge is 2.13. The van der Waals surface area contributed by atoms with Gasteiger partial charge in [-0.3, -0.25) is 4.98 Å². The largest absolute Gasteiger partial charge is 0.506 e. The Morgan fingerprint density at radius 2 is 2.10 bits per heavy atom. The van der Waals surface area contributed by atoms with Gasteiger partial charge in [-0.1, -0.05) is 11.6 Å². The molecule has 106 valence electrons. The van der Waals surface area contributed by atoms with Crippen molar-refractivity contribution in [1.29, 1.82) is 0 Å². The van der Waals surface area contributed by atoms with Crippen LogP contribution >= 0.6 is 24.0 Å². The minimum Gasteiger partial charge on any atom is -0.506 e. The van der Waals surface area contributed by atoms with Crippen LogP contribution in [0.2, 0.25) is 5.02 Å². The predicted octanol–water partition coefficient (Wildman–Crippen LogP) is 3.48. The van der Waals surface area contributed by atoms with E-state index in [2.05, 4.69) is 16.4 Å². The molecule has 2 aromatic rings. The van der Waals surface area contributed by atoms with Crippen LogP contribution in [0.25, 0.3) is 11.1 Å². The number of halogens is 2. The molecule has 0 radical (unpaired) electrons. The zero-order valence-electron chi connectivity index (χ0n) is 11.1. The molecule has 0 bridgehead atoms. The van der Waals surface area contributed by atoms with Gasteiger partial charge in [0.1, 0.15) is 5.75 Å². The van der Waals surface area contributed by atoms with Crippen molar-refractivity contribution in [2.24, 2.45) is 0 Å². The lowest BCUT2D eigenvalue weighted by atomic mass is 9.98. The van der Waals surface area contributed by atoms with E-state index >= 15 is 0 Å². The summed E-state index contributed by atoms with van der Waals surface area (Å²) in [4.78, 5) is 4.54. The third-order valence-corrected chi connectivity index (χ3v) is 3.82. The summed E-state index contributed by atoms with van der Waals surface area (Å²) in [6.07, 6.45) is 2.87. The zero-order valence-corrected chi connectivity index (χ0v) is 12.7. The van der Waals surface area contributed by atoms with E-state index < -0.39 is 0 Å². The highest BCUT2D eigenvalue weighted by molar-refractivity contribution is 6.32. The summed E-state index contributed by atoms with van der Waals surface area (Å²) in [6.45, 7) is 3.81. The lowest BCUT2D eigenvalue weighted by molar-refractivity contribution is 0.475. The van der Waals surface area contributed by atoms with E-state index in [9.17, 15) is 5.11 Å². The van der Waals surface area contributed by atoms with Gasteiger partial charge in [0, 0.05) is 37.0 Å². The molecule has 0 amide bonds.